The highest BCUT2D eigenvalue weighted by atomic mass is 16.2. The van der Waals surface area contributed by atoms with E-state index in [0.29, 0.717) is 19.5 Å². The second kappa shape index (κ2) is 5.97. The van der Waals surface area contributed by atoms with Crippen molar-refractivity contribution in [2.75, 3.05) is 13.1 Å². The lowest BCUT2D eigenvalue weighted by atomic mass is 10.2. The molecule has 2 N–H and O–H groups in total. The number of aromatic amines is 2. The predicted octanol–water partition coefficient (Wildman–Crippen LogP) is 1.69. The average molecular weight is 298 g/mol. The lowest BCUT2D eigenvalue weighted by Crippen LogP contribution is -2.33. The van der Waals surface area contributed by atoms with Gasteiger partial charge in [-0.05, 0) is 31.5 Å². The van der Waals surface area contributed by atoms with Crippen LogP contribution in [-0.4, -0.2) is 49.0 Å². The van der Waals surface area contributed by atoms with Gasteiger partial charge in [-0.15, -0.1) is 0 Å². The average Bonchev–Trinajstić information content (AvgIpc) is 3.16. The van der Waals surface area contributed by atoms with Crippen molar-refractivity contribution in [3.63, 3.8) is 0 Å². The number of aryl methyl sites for hydroxylation is 1. The number of nitrogens with one attached hydrogen (secondary N) is 2. The Balaban J connectivity index is 1.70. The van der Waals surface area contributed by atoms with E-state index >= 15 is 0 Å². The predicted molar refractivity (Wildman–Crippen MR) is 82.5 cm³/mol. The van der Waals surface area contributed by atoms with Crippen molar-refractivity contribution in [1.82, 2.24) is 30.0 Å². The Labute approximate surface area is 127 Å². The van der Waals surface area contributed by atoms with Crippen LogP contribution < -0.4 is 0 Å². The standard InChI is InChI=1S/C15H18N6O/c1-3-21(15(22)14-16-9-17-20-14)7-6-13-18-11-5-4-10(2)8-12(11)19-13/h4-5,8-9H,3,6-7H2,1-2H3,(H,18,19)(H,16,17,20). The van der Waals surface area contributed by atoms with Gasteiger partial charge < -0.3 is 9.88 Å². The van der Waals surface area contributed by atoms with Crippen LogP contribution in [0.15, 0.2) is 24.5 Å². The summed E-state index contributed by atoms with van der Waals surface area (Å²) in [5, 5.41) is 6.32. The molecule has 0 spiro atoms. The number of aromatic nitrogens is 5. The van der Waals surface area contributed by atoms with Gasteiger partial charge in [0.1, 0.15) is 12.2 Å². The fourth-order valence-electron chi connectivity index (χ4n) is 2.40. The van der Waals surface area contributed by atoms with Crippen LogP contribution in [0.5, 0.6) is 0 Å². The normalized spacial score (nSPS) is 11.0. The highest BCUT2D eigenvalue weighted by Gasteiger charge is 2.17. The number of rotatable bonds is 5. The van der Waals surface area contributed by atoms with Gasteiger partial charge in [-0.2, -0.15) is 5.10 Å². The van der Waals surface area contributed by atoms with Gasteiger partial charge in [0.15, 0.2) is 0 Å². The van der Waals surface area contributed by atoms with Crippen molar-refractivity contribution in [3.05, 3.63) is 41.7 Å². The molecule has 0 saturated heterocycles. The van der Waals surface area contributed by atoms with E-state index in [1.54, 1.807) is 4.90 Å². The van der Waals surface area contributed by atoms with E-state index in [1.807, 2.05) is 19.1 Å². The smallest absolute Gasteiger partial charge is 0.291 e. The third kappa shape index (κ3) is 2.83. The molecule has 0 unspecified atom stereocenters. The fraction of sp³-hybridized carbons (Fsp3) is 0.333. The molecule has 0 aliphatic rings. The third-order valence-electron chi connectivity index (χ3n) is 3.59. The molecule has 1 amide bonds. The van der Waals surface area contributed by atoms with E-state index in [0.717, 1.165) is 16.9 Å². The Bertz CT molecular complexity index is 777. The third-order valence-corrected chi connectivity index (χ3v) is 3.59. The van der Waals surface area contributed by atoms with Crippen molar-refractivity contribution in [1.29, 1.82) is 0 Å². The topological polar surface area (TPSA) is 90.6 Å². The van der Waals surface area contributed by atoms with Gasteiger partial charge >= 0.3 is 0 Å². The second-order valence-corrected chi connectivity index (χ2v) is 5.17. The molecule has 114 valence electrons. The number of hydrogen-bond acceptors (Lipinski definition) is 4. The summed E-state index contributed by atoms with van der Waals surface area (Å²) in [6.45, 7) is 5.18. The SMILES string of the molecule is CCN(CCc1nc2ccc(C)cc2[nH]1)C(=O)c1ncn[nH]1. The number of fused-ring (bicyclic) bond motifs is 1. The number of H-pyrrole nitrogens is 2. The van der Waals surface area contributed by atoms with E-state index in [4.69, 9.17) is 0 Å². The Morgan fingerprint density at radius 1 is 1.36 bits per heavy atom. The number of nitrogens with zero attached hydrogens (tertiary/aromatic N) is 4. The molecule has 2 aromatic heterocycles. The lowest BCUT2D eigenvalue weighted by molar-refractivity contribution is 0.0754. The molecule has 1 aromatic carbocycles. The first kappa shape index (κ1) is 14.2. The summed E-state index contributed by atoms with van der Waals surface area (Å²) in [6.07, 6.45) is 2.00. The van der Waals surface area contributed by atoms with E-state index < -0.39 is 0 Å². The molecular weight excluding hydrogens is 280 g/mol. The minimum atomic E-state index is -0.146. The van der Waals surface area contributed by atoms with Crippen LogP contribution in [0.1, 0.15) is 28.9 Å². The van der Waals surface area contributed by atoms with Crippen molar-refractivity contribution < 1.29 is 4.79 Å². The number of hydrogen-bond donors (Lipinski definition) is 2. The molecule has 7 heteroatoms. The van der Waals surface area contributed by atoms with E-state index in [9.17, 15) is 4.79 Å². The van der Waals surface area contributed by atoms with Crippen molar-refractivity contribution >= 4 is 16.9 Å². The molecule has 3 rings (SSSR count). The summed E-state index contributed by atoms with van der Waals surface area (Å²) in [5.41, 5.74) is 3.17. The van der Waals surface area contributed by atoms with E-state index in [2.05, 4.69) is 38.1 Å². The molecule has 2 heterocycles. The Morgan fingerprint density at radius 2 is 2.23 bits per heavy atom. The molecular formula is C15H18N6O. The summed E-state index contributed by atoms with van der Waals surface area (Å²) in [6, 6.07) is 6.11. The van der Waals surface area contributed by atoms with Crippen LogP contribution in [0.25, 0.3) is 11.0 Å². The fourth-order valence-corrected chi connectivity index (χ4v) is 2.40. The van der Waals surface area contributed by atoms with Crippen molar-refractivity contribution in [2.45, 2.75) is 20.3 Å². The highest BCUT2D eigenvalue weighted by molar-refractivity contribution is 5.90. The summed E-state index contributed by atoms with van der Waals surface area (Å²) >= 11 is 0. The summed E-state index contributed by atoms with van der Waals surface area (Å²) in [4.78, 5) is 25.7. The molecule has 7 nitrogen and oxygen atoms in total. The van der Waals surface area contributed by atoms with Crippen LogP contribution in [0.2, 0.25) is 0 Å². The highest BCUT2D eigenvalue weighted by Crippen LogP contribution is 2.13. The molecule has 0 radical (unpaired) electrons. The van der Waals surface area contributed by atoms with Gasteiger partial charge in [0.2, 0.25) is 5.82 Å². The minimum Gasteiger partial charge on any atom is -0.342 e. The zero-order chi connectivity index (χ0) is 15.5. The maximum absolute atomic E-state index is 12.2. The summed E-state index contributed by atoms with van der Waals surface area (Å²) in [7, 11) is 0. The van der Waals surface area contributed by atoms with Gasteiger partial charge in [-0.25, -0.2) is 9.97 Å². The van der Waals surface area contributed by atoms with Crippen LogP contribution in [0.3, 0.4) is 0 Å². The number of carbonyl (C=O) groups excluding carboxylic acids is 1. The largest absolute Gasteiger partial charge is 0.342 e. The molecule has 0 bridgehead atoms. The number of amides is 1. The second-order valence-electron chi connectivity index (χ2n) is 5.17. The van der Waals surface area contributed by atoms with Gasteiger partial charge in [-0.1, -0.05) is 6.07 Å². The van der Waals surface area contributed by atoms with Gasteiger partial charge in [0, 0.05) is 19.5 Å². The van der Waals surface area contributed by atoms with Crippen LogP contribution in [0.4, 0.5) is 0 Å². The first-order valence-corrected chi connectivity index (χ1v) is 7.27. The zero-order valence-corrected chi connectivity index (χ0v) is 12.6. The number of imidazole rings is 1. The molecule has 22 heavy (non-hydrogen) atoms. The maximum Gasteiger partial charge on any atom is 0.291 e. The minimum absolute atomic E-state index is 0.146. The first-order chi connectivity index (χ1) is 10.7. The molecule has 0 saturated carbocycles. The van der Waals surface area contributed by atoms with Gasteiger partial charge in [0.25, 0.3) is 5.91 Å². The quantitative estimate of drug-likeness (QED) is 0.750. The summed E-state index contributed by atoms with van der Waals surface area (Å²) < 4.78 is 0. The molecule has 0 aliphatic carbocycles. The van der Waals surface area contributed by atoms with Gasteiger partial charge in [0.05, 0.1) is 11.0 Å². The lowest BCUT2D eigenvalue weighted by Gasteiger charge is -2.18. The van der Waals surface area contributed by atoms with Gasteiger partial charge in [-0.3, -0.25) is 9.89 Å². The summed E-state index contributed by atoms with van der Waals surface area (Å²) in [5.74, 6) is 0.999. The number of likely N-dealkylation sites (N-methyl/N-ethyl adjacent to an activating group) is 1. The van der Waals surface area contributed by atoms with E-state index in [1.165, 1.54) is 11.9 Å². The molecule has 0 aliphatic heterocycles. The monoisotopic (exact) mass is 298 g/mol. The van der Waals surface area contributed by atoms with Crippen LogP contribution in [-0.2, 0) is 6.42 Å². The zero-order valence-electron chi connectivity index (χ0n) is 12.6. The number of carbonyl (C=O) groups is 1. The Kier molecular flexibility index (Phi) is 3.86. The molecule has 0 fully saturated rings. The van der Waals surface area contributed by atoms with Crippen LogP contribution in [0, 0.1) is 6.92 Å². The maximum atomic E-state index is 12.2. The van der Waals surface area contributed by atoms with E-state index in [-0.39, 0.29) is 11.7 Å². The Morgan fingerprint density at radius 3 is 2.95 bits per heavy atom. The first-order valence-electron chi connectivity index (χ1n) is 7.27. The number of benzene rings is 1. The Hall–Kier alpha value is -2.70. The van der Waals surface area contributed by atoms with Crippen molar-refractivity contribution in [2.24, 2.45) is 0 Å². The van der Waals surface area contributed by atoms with Crippen LogP contribution >= 0.6 is 0 Å². The molecule has 3 aromatic rings. The van der Waals surface area contributed by atoms with Crippen molar-refractivity contribution in [3.8, 4) is 0 Å². The molecule has 0 atom stereocenters.